The van der Waals surface area contributed by atoms with Gasteiger partial charge in [-0.25, -0.2) is 9.97 Å². The van der Waals surface area contributed by atoms with E-state index in [4.69, 9.17) is 11.6 Å². The van der Waals surface area contributed by atoms with Crippen LogP contribution < -0.4 is 4.90 Å². The highest BCUT2D eigenvalue weighted by Gasteiger charge is 2.13. The van der Waals surface area contributed by atoms with E-state index in [2.05, 4.69) is 39.6 Å². The van der Waals surface area contributed by atoms with Gasteiger partial charge in [-0.1, -0.05) is 23.7 Å². The summed E-state index contributed by atoms with van der Waals surface area (Å²) in [5.74, 6) is 1.83. The lowest BCUT2D eigenvalue weighted by Crippen LogP contribution is -2.30. The van der Waals surface area contributed by atoms with E-state index in [1.165, 1.54) is 30.4 Å². The van der Waals surface area contributed by atoms with Gasteiger partial charge in [0, 0.05) is 24.2 Å². The Balaban J connectivity index is 0.000000151. The molecular formula is C17H20ClN3S. The molecule has 116 valence electrons. The smallest absolute Gasteiger partial charge is 0.133 e. The maximum absolute atomic E-state index is 5.75. The standard InChI is InChI=1S/C10H15N3S.C7H5Cl/c1-8-11-9(7-10(14)12-8)13-5-3-2-4-6-13;8-7-2-1-5-3-6(7)4-5/h7H,2-6H2,1H3,(H,11,12,14);1-3H,4H2. The Morgan fingerprint density at radius 3 is 2.32 bits per heavy atom. The topological polar surface area (TPSA) is 29.0 Å². The van der Waals surface area contributed by atoms with Gasteiger partial charge in [0.15, 0.2) is 0 Å². The highest BCUT2D eigenvalue weighted by molar-refractivity contribution is 7.80. The van der Waals surface area contributed by atoms with Gasteiger partial charge in [0.25, 0.3) is 0 Å². The van der Waals surface area contributed by atoms with Crippen LogP contribution in [0.2, 0.25) is 5.02 Å². The van der Waals surface area contributed by atoms with Gasteiger partial charge in [-0.2, -0.15) is 0 Å². The zero-order valence-electron chi connectivity index (χ0n) is 12.7. The number of halogens is 1. The average molecular weight is 334 g/mol. The third-order valence-electron chi connectivity index (χ3n) is 4.00. The minimum Gasteiger partial charge on any atom is -0.356 e. The number of hydrogen-bond donors (Lipinski definition) is 1. The van der Waals surface area contributed by atoms with Gasteiger partial charge in [0.05, 0.1) is 5.03 Å². The molecule has 2 heterocycles. The molecule has 3 aliphatic rings. The number of piperidine rings is 1. The molecule has 1 aliphatic heterocycles. The number of aryl methyl sites for hydroxylation is 1. The van der Waals surface area contributed by atoms with Crippen molar-refractivity contribution in [3.05, 3.63) is 46.2 Å². The number of benzene rings is 1. The van der Waals surface area contributed by atoms with Gasteiger partial charge in [-0.3, -0.25) is 0 Å². The van der Waals surface area contributed by atoms with Crippen molar-refractivity contribution < 1.29 is 0 Å². The summed E-state index contributed by atoms with van der Waals surface area (Å²) < 4.78 is 0. The number of rotatable bonds is 1. The van der Waals surface area contributed by atoms with E-state index >= 15 is 0 Å². The fourth-order valence-electron chi connectivity index (χ4n) is 2.78. The van der Waals surface area contributed by atoms with E-state index < -0.39 is 0 Å². The van der Waals surface area contributed by atoms with Crippen molar-refractivity contribution in [3.8, 4) is 0 Å². The Labute approximate surface area is 142 Å². The minimum atomic E-state index is 0.762. The van der Waals surface area contributed by atoms with Gasteiger partial charge in [0.2, 0.25) is 0 Å². The average Bonchev–Trinajstić information content (AvgIpc) is 2.47. The van der Waals surface area contributed by atoms with E-state index in [0.717, 1.165) is 41.2 Å². The van der Waals surface area contributed by atoms with E-state index in [1.807, 2.05) is 19.1 Å². The van der Waals surface area contributed by atoms with Crippen molar-refractivity contribution in [3.63, 3.8) is 0 Å². The van der Waals surface area contributed by atoms with Crippen molar-refractivity contribution in [2.24, 2.45) is 0 Å². The molecular weight excluding hydrogens is 314 g/mol. The van der Waals surface area contributed by atoms with E-state index in [9.17, 15) is 0 Å². The molecule has 0 radical (unpaired) electrons. The molecule has 0 amide bonds. The minimum absolute atomic E-state index is 0.762. The predicted molar refractivity (Wildman–Crippen MR) is 94.3 cm³/mol. The molecule has 0 spiro atoms. The highest BCUT2D eigenvalue weighted by atomic mass is 35.5. The van der Waals surface area contributed by atoms with Crippen molar-refractivity contribution >= 4 is 30.0 Å². The van der Waals surface area contributed by atoms with Crippen molar-refractivity contribution in [1.82, 2.24) is 9.97 Å². The first-order valence-corrected chi connectivity index (χ1v) is 8.51. The molecule has 1 aromatic heterocycles. The molecule has 0 N–H and O–H groups in total. The summed E-state index contributed by atoms with van der Waals surface area (Å²) in [5.41, 5.74) is 2.70. The van der Waals surface area contributed by atoms with Crippen molar-refractivity contribution in [2.45, 2.75) is 37.6 Å². The van der Waals surface area contributed by atoms with E-state index in [0.29, 0.717) is 0 Å². The Morgan fingerprint density at radius 1 is 1.09 bits per heavy atom. The van der Waals surface area contributed by atoms with Crippen LogP contribution in [-0.2, 0) is 6.42 Å². The molecule has 3 nitrogen and oxygen atoms in total. The Kier molecular flexibility index (Phi) is 4.89. The first kappa shape index (κ1) is 15.6. The molecule has 2 bridgehead atoms. The van der Waals surface area contributed by atoms with E-state index in [-0.39, 0.29) is 0 Å². The molecule has 1 fully saturated rings. The normalized spacial score (nSPS) is 15.7. The molecule has 0 atom stereocenters. The lowest BCUT2D eigenvalue weighted by atomic mass is 9.94. The van der Waals surface area contributed by atoms with Crippen LogP contribution in [0.4, 0.5) is 5.82 Å². The van der Waals surface area contributed by atoms with Crippen LogP contribution in [0.1, 0.15) is 36.2 Å². The lowest BCUT2D eigenvalue weighted by molar-refractivity contribution is 0.571. The quantitative estimate of drug-likeness (QED) is 0.531. The van der Waals surface area contributed by atoms with Crippen LogP contribution in [-0.4, -0.2) is 23.1 Å². The SMILES string of the molecule is Cc1nc(S)cc(N2CCCCC2)n1.Clc1ccc2cc1C2. The summed E-state index contributed by atoms with van der Waals surface area (Å²) in [7, 11) is 0. The summed E-state index contributed by atoms with van der Waals surface area (Å²) in [4.78, 5) is 10.9. The Morgan fingerprint density at radius 2 is 1.82 bits per heavy atom. The van der Waals surface area contributed by atoms with Gasteiger partial charge in [0.1, 0.15) is 11.6 Å². The molecule has 5 rings (SSSR count). The molecule has 2 aromatic rings. The summed E-state index contributed by atoms with van der Waals surface area (Å²) in [6.07, 6.45) is 4.97. The Hall–Kier alpha value is -1.26. The monoisotopic (exact) mass is 333 g/mol. The number of hydrogen-bond acceptors (Lipinski definition) is 4. The van der Waals surface area contributed by atoms with Crippen LogP contribution in [0.3, 0.4) is 0 Å². The third-order valence-corrected chi connectivity index (χ3v) is 4.59. The molecule has 0 unspecified atom stereocenters. The summed E-state index contributed by atoms with van der Waals surface area (Å²) in [6, 6.07) is 8.09. The second kappa shape index (κ2) is 6.88. The summed E-state index contributed by atoms with van der Waals surface area (Å²) in [6.45, 7) is 4.14. The van der Waals surface area contributed by atoms with Crippen LogP contribution in [0.15, 0.2) is 29.3 Å². The molecule has 5 heteroatoms. The molecule has 2 aliphatic carbocycles. The summed E-state index contributed by atoms with van der Waals surface area (Å²) >= 11 is 10.0. The molecule has 22 heavy (non-hydrogen) atoms. The van der Waals surface area contributed by atoms with Gasteiger partial charge in [-0.05, 0) is 49.8 Å². The maximum atomic E-state index is 5.75. The highest BCUT2D eigenvalue weighted by Crippen LogP contribution is 2.28. The fourth-order valence-corrected chi connectivity index (χ4v) is 3.23. The molecule has 1 aromatic carbocycles. The second-order valence-electron chi connectivity index (χ2n) is 5.78. The third kappa shape index (κ3) is 3.73. The largest absolute Gasteiger partial charge is 0.356 e. The maximum Gasteiger partial charge on any atom is 0.133 e. The van der Waals surface area contributed by atoms with Crippen LogP contribution >= 0.6 is 24.2 Å². The first-order valence-electron chi connectivity index (χ1n) is 7.69. The number of anilines is 1. The lowest BCUT2D eigenvalue weighted by Gasteiger charge is -2.27. The van der Waals surface area contributed by atoms with E-state index in [1.54, 1.807) is 0 Å². The number of fused-ring (bicyclic) bond motifs is 2. The number of aromatic nitrogens is 2. The first-order chi connectivity index (χ1) is 10.6. The Bertz CT molecular complexity index is 640. The fraction of sp³-hybridized carbons (Fsp3) is 0.412. The van der Waals surface area contributed by atoms with Crippen LogP contribution in [0.5, 0.6) is 0 Å². The number of thiol groups is 1. The number of nitrogens with zero attached hydrogens (tertiary/aromatic N) is 3. The van der Waals surface area contributed by atoms with Crippen LogP contribution in [0.25, 0.3) is 0 Å². The molecule has 1 saturated heterocycles. The zero-order chi connectivity index (χ0) is 15.5. The van der Waals surface area contributed by atoms with Gasteiger partial charge in [-0.15, -0.1) is 12.6 Å². The van der Waals surface area contributed by atoms with Crippen LogP contribution in [0, 0.1) is 6.92 Å². The van der Waals surface area contributed by atoms with Gasteiger partial charge < -0.3 is 4.90 Å². The van der Waals surface area contributed by atoms with Crippen molar-refractivity contribution in [1.29, 1.82) is 0 Å². The van der Waals surface area contributed by atoms with Gasteiger partial charge >= 0.3 is 0 Å². The van der Waals surface area contributed by atoms with Crippen molar-refractivity contribution in [2.75, 3.05) is 18.0 Å². The zero-order valence-corrected chi connectivity index (χ0v) is 14.4. The predicted octanol–water partition coefficient (Wildman–Crippen LogP) is 4.31. The molecule has 0 saturated carbocycles. The summed E-state index contributed by atoms with van der Waals surface area (Å²) in [5, 5.41) is 1.68. The second-order valence-corrected chi connectivity index (χ2v) is 6.65.